The van der Waals surface area contributed by atoms with E-state index in [0.717, 1.165) is 56.0 Å². The third-order valence-electron chi connectivity index (χ3n) is 3.47. The molecule has 0 spiro atoms. The van der Waals surface area contributed by atoms with Gasteiger partial charge in [-0.3, -0.25) is 0 Å². The molecule has 3 nitrogen and oxygen atoms in total. The van der Waals surface area contributed by atoms with E-state index < -0.39 is 0 Å². The van der Waals surface area contributed by atoms with Gasteiger partial charge in [-0.2, -0.15) is 0 Å². The van der Waals surface area contributed by atoms with Gasteiger partial charge in [-0.05, 0) is 36.6 Å². The van der Waals surface area contributed by atoms with Gasteiger partial charge >= 0.3 is 0 Å². The third kappa shape index (κ3) is 3.21. The molecule has 2 rings (SSSR count). The smallest absolute Gasteiger partial charge is 0.126 e. The van der Waals surface area contributed by atoms with Crippen molar-refractivity contribution >= 4 is 0 Å². The molecule has 1 fully saturated rings. The van der Waals surface area contributed by atoms with Gasteiger partial charge in [0.25, 0.3) is 0 Å². The Morgan fingerprint density at radius 3 is 2.72 bits per heavy atom. The second-order valence-corrected chi connectivity index (χ2v) is 4.75. The van der Waals surface area contributed by atoms with Gasteiger partial charge in [-0.25, -0.2) is 4.39 Å². The highest BCUT2D eigenvalue weighted by molar-refractivity contribution is 5.37. The molecule has 0 saturated carbocycles. The highest BCUT2D eigenvalue weighted by Gasteiger charge is 2.12. The fourth-order valence-corrected chi connectivity index (χ4v) is 2.32. The molecular weight excluding hydrogens is 231 g/mol. The lowest BCUT2D eigenvalue weighted by Gasteiger charge is -2.27. The number of hydrogen-bond donors (Lipinski definition) is 1. The predicted octanol–water partition coefficient (Wildman–Crippen LogP) is 1.59. The summed E-state index contributed by atoms with van der Waals surface area (Å²) in [5.41, 5.74) is 1.59. The lowest BCUT2D eigenvalue weighted by molar-refractivity contribution is 0.243. The molecule has 0 aliphatic carbocycles. The van der Waals surface area contributed by atoms with E-state index in [1.165, 1.54) is 0 Å². The van der Waals surface area contributed by atoms with Gasteiger partial charge in [0.05, 0.1) is 7.11 Å². The Kier molecular flexibility index (Phi) is 4.55. The first-order valence-corrected chi connectivity index (χ1v) is 6.47. The van der Waals surface area contributed by atoms with Gasteiger partial charge in [-0.1, -0.05) is 0 Å². The number of nitrogens with zero attached hydrogens (tertiary/aromatic N) is 1. The highest BCUT2D eigenvalue weighted by atomic mass is 19.1. The summed E-state index contributed by atoms with van der Waals surface area (Å²) in [6.07, 6.45) is 0.739. The van der Waals surface area contributed by atoms with Crippen molar-refractivity contribution in [3.05, 3.63) is 29.1 Å². The van der Waals surface area contributed by atoms with Crippen molar-refractivity contribution in [2.45, 2.75) is 13.3 Å². The number of aryl methyl sites for hydroxylation is 1. The van der Waals surface area contributed by atoms with E-state index in [9.17, 15) is 4.39 Å². The third-order valence-corrected chi connectivity index (χ3v) is 3.47. The van der Waals surface area contributed by atoms with Gasteiger partial charge in [0.15, 0.2) is 0 Å². The first-order chi connectivity index (χ1) is 8.70. The molecule has 4 heteroatoms. The largest absolute Gasteiger partial charge is 0.496 e. The van der Waals surface area contributed by atoms with E-state index in [1.807, 2.05) is 13.0 Å². The van der Waals surface area contributed by atoms with Gasteiger partial charge < -0.3 is 15.0 Å². The van der Waals surface area contributed by atoms with Crippen LogP contribution in [0.25, 0.3) is 0 Å². The van der Waals surface area contributed by atoms with E-state index in [1.54, 1.807) is 13.2 Å². The van der Waals surface area contributed by atoms with Crippen LogP contribution in [0, 0.1) is 12.7 Å². The van der Waals surface area contributed by atoms with Crippen LogP contribution in [-0.2, 0) is 6.42 Å². The predicted molar refractivity (Wildman–Crippen MR) is 70.7 cm³/mol. The van der Waals surface area contributed by atoms with Gasteiger partial charge in [-0.15, -0.1) is 0 Å². The van der Waals surface area contributed by atoms with Crippen LogP contribution < -0.4 is 10.1 Å². The molecule has 1 N–H and O–H groups in total. The molecule has 18 heavy (non-hydrogen) atoms. The maximum atomic E-state index is 13.8. The molecule has 0 amide bonds. The standard InChI is InChI=1S/C14H21FN2O/c1-11-9-13(15)12(10-14(11)18-2)3-6-17-7-4-16-5-8-17/h9-10,16H,3-8H2,1-2H3. The number of halogens is 1. The van der Waals surface area contributed by atoms with Crippen molar-refractivity contribution < 1.29 is 9.13 Å². The monoisotopic (exact) mass is 252 g/mol. The minimum atomic E-state index is -0.122. The molecule has 0 radical (unpaired) electrons. The first kappa shape index (κ1) is 13.3. The molecular formula is C14H21FN2O. The normalized spacial score (nSPS) is 16.8. The number of rotatable bonds is 4. The molecule has 0 unspecified atom stereocenters. The maximum absolute atomic E-state index is 13.8. The average molecular weight is 252 g/mol. The average Bonchev–Trinajstić information content (AvgIpc) is 2.39. The Morgan fingerprint density at radius 1 is 1.33 bits per heavy atom. The van der Waals surface area contributed by atoms with Crippen LogP contribution in [0.1, 0.15) is 11.1 Å². The number of hydrogen-bond acceptors (Lipinski definition) is 3. The lowest BCUT2D eigenvalue weighted by Crippen LogP contribution is -2.44. The van der Waals surface area contributed by atoms with E-state index in [0.29, 0.717) is 0 Å². The lowest BCUT2D eigenvalue weighted by atomic mass is 10.1. The molecule has 1 aromatic rings. The van der Waals surface area contributed by atoms with Crippen molar-refractivity contribution in [1.29, 1.82) is 0 Å². The summed E-state index contributed by atoms with van der Waals surface area (Å²) in [5, 5.41) is 3.31. The van der Waals surface area contributed by atoms with Crippen molar-refractivity contribution in [1.82, 2.24) is 10.2 Å². The molecule has 0 aromatic heterocycles. The fourth-order valence-electron chi connectivity index (χ4n) is 2.32. The quantitative estimate of drug-likeness (QED) is 0.880. The van der Waals surface area contributed by atoms with Crippen LogP contribution in [0.3, 0.4) is 0 Å². The molecule has 0 bridgehead atoms. The Morgan fingerprint density at radius 2 is 2.06 bits per heavy atom. The summed E-state index contributed by atoms with van der Waals surface area (Å²) in [4.78, 5) is 2.36. The van der Waals surface area contributed by atoms with E-state index in [2.05, 4.69) is 10.2 Å². The first-order valence-electron chi connectivity index (χ1n) is 6.47. The second kappa shape index (κ2) is 6.16. The molecule has 1 aromatic carbocycles. The number of methoxy groups -OCH3 is 1. The fraction of sp³-hybridized carbons (Fsp3) is 0.571. The summed E-state index contributed by atoms with van der Waals surface area (Å²) in [6, 6.07) is 3.39. The molecule has 1 heterocycles. The number of benzene rings is 1. The summed E-state index contributed by atoms with van der Waals surface area (Å²) in [6.45, 7) is 6.92. The van der Waals surface area contributed by atoms with Crippen LogP contribution in [0.15, 0.2) is 12.1 Å². The van der Waals surface area contributed by atoms with Gasteiger partial charge in [0.1, 0.15) is 11.6 Å². The Hall–Kier alpha value is -1.13. The minimum absolute atomic E-state index is 0.122. The number of ether oxygens (including phenoxy) is 1. The molecule has 0 atom stereocenters. The summed E-state index contributed by atoms with van der Waals surface area (Å²) in [5.74, 6) is 0.648. The van der Waals surface area contributed by atoms with Crippen LogP contribution in [0.2, 0.25) is 0 Å². The van der Waals surface area contributed by atoms with Gasteiger partial charge in [0.2, 0.25) is 0 Å². The minimum Gasteiger partial charge on any atom is -0.496 e. The maximum Gasteiger partial charge on any atom is 0.126 e. The summed E-state index contributed by atoms with van der Waals surface area (Å²) in [7, 11) is 1.63. The Bertz CT molecular complexity index is 403. The molecule has 1 aliphatic rings. The van der Waals surface area contributed by atoms with Crippen LogP contribution in [-0.4, -0.2) is 44.7 Å². The van der Waals surface area contributed by atoms with Crippen LogP contribution in [0.5, 0.6) is 5.75 Å². The summed E-state index contributed by atoms with van der Waals surface area (Å²) < 4.78 is 19.1. The van der Waals surface area contributed by atoms with Crippen molar-refractivity contribution in [3.8, 4) is 5.75 Å². The van der Waals surface area contributed by atoms with E-state index >= 15 is 0 Å². The zero-order chi connectivity index (χ0) is 13.0. The zero-order valence-electron chi connectivity index (χ0n) is 11.1. The summed E-state index contributed by atoms with van der Waals surface area (Å²) >= 11 is 0. The molecule has 1 saturated heterocycles. The topological polar surface area (TPSA) is 24.5 Å². The van der Waals surface area contributed by atoms with Crippen LogP contribution in [0.4, 0.5) is 4.39 Å². The SMILES string of the molecule is COc1cc(CCN2CCNCC2)c(F)cc1C. The van der Waals surface area contributed by atoms with Crippen molar-refractivity contribution in [2.24, 2.45) is 0 Å². The second-order valence-electron chi connectivity index (χ2n) is 4.75. The number of nitrogens with one attached hydrogen (secondary N) is 1. The van der Waals surface area contributed by atoms with E-state index in [4.69, 9.17) is 4.74 Å². The number of piperazine rings is 1. The molecule has 100 valence electrons. The van der Waals surface area contributed by atoms with Gasteiger partial charge in [0, 0.05) is 32.7 Å². The Labute approximate surface area is 108 Å². The van der Waals surface area contributed by atoms with E-state index in [-0.39, 0.29) is 5.82 Å². The Balaban J connectivity index is 1.99. The van der Waals surface area contributed by atoms with Crippen LogP contribution >= 0.6 is 0 Å². The highest BCUT2D eigenvalue weighted by Crippen LogP contribution is 2.22. The molecule has 1 aliphatic heterocycles. The van der Waals surface area contributed by atoms with Crippen molar-refractivity contribution in [3.63, 3.8) is 0 Å². The zero-order valence-corrected chi connectivity index (χ0v) is 11.1. The van der Waals surface area contributed by atoms with Crippen molar-refractivity contribution in [2.75, 3.05) is 39.8 Å².